The minimum atomic E-state index is -0.0435. The van der Waals surface area contributed by atoms with Crippen LogP contribution in [0.5, 0.6) is 5.75 Å². The van der Waals surface area contributed by atoms with Gasteiger partial charge < -0.3 is 10.1 Å². The van der Waals surface area contributed by atoms with E-state index in [-0.39, 0.29) is 11.9 Å². The first-order valence-corrected chi connectivity index (χ1v) is 8.36. The summed E-state index contributed by atoms with van der Waals surface area (Å²) in [7, 11) is 1.64. The Morgan fingerprint density at radius 1 is 1.12 bits per heavy atom. The van der Waals surface area contributed by atoms with Gasteiger partial charge in [-0.3, -0.25) is 4.79 Å². The summed E-state index contributed by atoms with van der Waals surface area (Å²) < 4.78 is 5.19. The first kappa shape index (κ1) is 17.8. The van der Waals surface area contributed by atoms with Gasteiger partial charge in [0, 0.05) is 11.6 Å². The van der Waals surface area contributed by atoms with Gasteiger partial charge in [-0.05, 0) is 42.7 Å². The normalized spacial score (nSPS) is 12.5. The van der Waals surface area contributed by atoms with Gasteiger partial charge in [-0.15, -0.1) is 0 Å². The van der Waals surface area contributed by atoms with Crippen molar-refractivity contribution in [2.24, 2.45) is 0 Å². The highest BCUT2D eigenvalue weighted by Crippen LogP contribution is 2.20. The van der Waals surface area contributed by atoms with Gasteiger partial charge in [0.25, 0.3) is 5.91 Å². The minimum Gasteiger partial charge on any atom is -0.497 e. The lowest BCUT2D eigenvalue weighted by Crippen LogP contribution is -2.32. The second-order valence-corrected chi connectivity index (χ2v) is 5.86. The highest BCUT2D eigenvalue weighted by atomic mass is 16.5. The van der Waals surface area contributed by atoms with E-state index < -0.39 is 0 Å². The van der Waals surface area contributed by atoms with Crippen molar-refractivity contribution < 1.29 is 9.53 Å². The quantitative estimate of drug-likeness (QED) is 0.600. The first-order chi connectivity index (χ1) is 11.6. The van der Waals surface area contributed by atoms with Gasteiger partial charge in [0.05, 0.1) is 7.11 Å². The van der Waals surface area contributed by atoms with E-state index in [4.69, 9.17) is 4.74 Å². The average molecular weight is 323 g/mol. The standard InChI is InChI=1S/C21H25NO2/c1-4-8-16(2)22-21(23)20(18-9-6-5-7-10-18)15-17-11-13-19(24-3)14-12-17/h5-7,9-16H,4,8H2,1-3H3,(H,22,23)/b20-15+/t16-/m0/s1. The van der Waals surface area contributed by atoms with E-state index in [1.165, 1.54) is 0 Å². The fourth-order valence-electron chi connectivity index (χ4n) is 2.57. The largest absolute Gasteiger partial charge is 0.497 e. The summed E-state index contributed by atoms with van der Waals surface area (Å²) >= 11 is 0. The maximum absolute atomic E-state index is 12.8. The molecular weight excluding hydrogens is 298 g/mol. The molecule has 0 unspecified atom stereocenters. The maximum Gasteiger partial charge on any atom is 0.252 e. The zero-order chi connectivity index (χ0) is 17.4. The summed E-state index contributed by atoms with van der Waals surface area (Å²) in [6, 6.07) is 17.6. The molecule has 0 aliphatic carbocycles. The van der Waals surface area contributed by atoms with Crippen LogP contribution in [0.2, 0.25) is 0 Å². The Bertz CT molecular complexity index is 675. The Kier molecular flexibility index (Phi) is 6.62. The van der Waals surface area contributed by atoms with Crippen LogP contribution < -0.4 is 10.1 Å². The van der Waals surface area contributed by atoms with E-state index in [2.05, 4.69) is 12.2 Å². The van der Waals surface area contributed by atoms with Crippen LogP contribution in [0.15, 0.2) is 54.6 Å². The molecule has 24 heavy (non-hydrogen) atoms. The van der Waals surface area contributed by atoms with Gasteiger partial charge in [-0.2, -0.15) is 0 Å². The zero-order valence-corrected chi connectivity index (χ0v) is 14.6. The molecule has 0 saturated carbocycles. The van der Waals surface area contributed by atoms with Crippen molar-refractivity contribution in [3.63, 3.8) is 0 Å². The lowest BCUT2D eigenvalue weighted by atomic mass is 10.0. The second-order valence-electron chi connectivity index (χ2n) is 5.86. The van der Waals surface area contributed by atoms with Crippen LogP contribution in [0, 0.1) is 0 Å². The van der Waals surface area contributed by atoms with Crippen LogP contribution in [0.1, 0.15) is 37.8 Å². The van der Waals surface area contributed by atoms with Gasteiger partial charge in [0.15, 0.2) is 0 Å². The molecule has 2 rings (SSSR count). The number of hydrogen-bond acceptors (Lipinski definition) is 2. The van der Waals surface area contributed by atoms with E-state index in [9.17, 15) is 4.79 Å². The van der Waals surface area contributed by atoms with Crippen molar-refractivity contribution in [2.75, 3.05) is 7.11 Å². The Labute approximate surface area is 144 Å². The maximum atomic E-state index is 12.8. The minimum absolute atomic E-state index is 0.0435. The third-order valence-electron chi connectivity index (χ3n) is 3.86. The molecule has 1 N–H and O–H groups in total. The summed E-state index contributed by atoms with van der Waals surface area (Å²) in [5.74, 6) is 0.757. The van der Waals surface area contributed by atoms with Crippen LogP contribution in [0.25, 0.3) is 11.6 Å². The molecule has 0 fully saturated rings. The van der Waals surface area contributed by atoms with Crippen molar-refractivity contribution >= 4 is 17.6 Å². The molecule has 0 aliphatic heterocycles. The van der Waals surface area contributed by atoms with Crippen molar-refractivity contribution in [3.8, 4) is 5.75 Å². The molecule has 2 aromatic rings. The van der Waals surface area contributed by atoms with Crippen molar-refractivity contribution in [1.82, 2.24) is 5.32 Å². The SMILES string of the molecule is CCC[C@H](C)NC(=O)/C(=C/c1ccc(OC)cc1)c1ccccc1. The topological polar surface area (TPSA) is 38.3 Å². The molecular formula is C21H25NO2. The molecule has 1 atom stereocenters. The van der Waals surface area contributed by atoms with Gasteiger partial charge >= 0.3 is 0 Å². The monoisotopic (exact) mass is 323 g/mol. The van der Waals surface area contributed by atoms with Crippen LogP contribution in [-0.4, -0.2) is 19.1 Å². The zero-order valence-electron chi connectivity index (χ0n) is 14.6. The highest BCUT2D eigenvalue weighted by Gasteiger charge is 2.14. The molecule has 0 bridgehead atoms. The molecule has 126 valence electrons. The lowest BCUT2D eigenvalue weighted by Gasteiger charge is -2.15. The first-order valence-electron chi connectivity index (χ1n) is 8.36. The average Bonchev–Trinajstić information content (AvgIpc) is 2.61. The van der Waals surface area contributed by atoms with E-state index in [1.807, 2.05) is 67.6 Å². The molecule has 0 saturated heterocycles. The molecule has 3 heteroatoms. The van der Waals surface area contributed by atoms with E-state index in [1.54, 1.807) is 7.11 Å². The molecule has 0 radical (unpaired) electrons. The number of hydrogen-bond donors (Lipinski definition) is 1. The van der Waals surface area contributed by atoms with Gasteiger partial charge in [0.2, 0.25) is 0 Å². The number of amides is 1. The second kappa shape index (κ2) is 8.92. The smallest absolute Gasteiger partial charge is 0.252 e. The molecule has 3 nitrogen and oxygen atoms in total. The Morgan fingerprint density at radius 3 is 2.38 bits per heavy atom. The Balaban J connectivity index is 2.31. The third kappa shape index (κ3) is 4.98. The summed E-state index contributed by atoms with van der Waals surface area (Å²) in [6.45, 7) is 4.16. The van der Waals surface area contributed by atoms with Gasteiger partial charge in [-0.25, -0.2) is 0 Å². The molecule has 1 amide bonds. The molecule has 2 aromatic carbocycles. The number of carbonyl (C=O) groups is 1. The van der Waals surface area contributed by atoms with E-state index in [0.29, 0.717) is 5.57 Å². The molecule has 0 heterocycles. The van der Waals surface area contributed by atoms with Gasteiger partial charge in [-0.1, -0.05) is 55.8 Å². The predicted octanol–water partition coefficient (Wildman–Crippen LogP) is 4.54. The number of benzene rings is 2. The van der Waals surface area contributed by atoms with Crippen molar-refractivity contribution in [3.05, 3.63) is 65.7 Å². The number of ether oxygens (including phenoxy) is 1. The fourth-order valence-corrected chi connectivity index (χ4v) is 2.57. The molecule has 0 spiro atoms. The van der Waals surface area contributed by atoms with Crippen molar-refractivity contribution in [1.29, 1.82) is 0 Å². The van der Waals surface area contributed by atoms with Crippen LogP contribution in [0.3, 0.4) is 0 Å². The molecule has 0 aromatic heterocycles. The number of nitrogens with one attached hydrogen (secondary N) is 1. The van der Waals surface area contributed by atoms with E-state index in [0.717, 1.165) is 29.7 Å². The number of methoxy groups -OCH3 is 1. The summed E-state index contributed by atoms with van der Waals surface area (Å²) in [5.41, 5.74) is 2.55. The van der Waals surface area contributed by atoms with Crippen LogP contribution in [-0.2, 0) is 4.79 Å². The predicted molar refractivity (Wildman–Crippen MR) is 99.8 cm³/mol. The van der Waals surface area contributed by atoms with Crippen LogP contribution >= 0.6 is 0 Å². The lowest BCUT2D eigenvalue weighted by molar-refractivity contribution is -0.116. The summed E-state index contributed by atoms with van der Waals surface area (Å²) in [6.07, 6.45) is 3.93. The number of rotatable bonds is 7. The van der Waals surface area contributed by atoms with Crippen LogP contribution in [0.4, 0.5) is 0 Å². The Hall–Kier alpha value is -2.55. The summed E-state index contributed by atoms with van der Waals surface area (Å²) in [5, 5.41) is 3.09. The molecule has 0 aliphatic rings. The summed E-state index contributed by atoms with van der Waals surface area (Å²) in [4.78, 5) is 12.8. The van der Waals surface area contributed by atoms with E-state index >= 15 is 0 Å². The van der Waals surface area contributed by atoms with Crippen molar-refractivity contribution in [2.45, 2.75) is 32.7 Å². The highest BCUT2D eigenvalue weighted by molar-refractivity contribution is 6.24. The fraction of sp³-hybridized carbons (Fsp3) is 0.286. The Morgan fingerprint density at radius 2 is 1.79 bits per heavy atom. The van der Waals surface area contributed by atoms with Gasteiger partial charge in [0.1, 0.15) is 5.75 Å². The number of carbonyl (C=O) groups excluding carboxylic acids is 1. The third-order valence-corrected chi connectivity index (χ3v) is 3.86.